The van der Waals surface area contributed by atoms with Crippen LogP contribution >= 0.6 is 27.5 Å². The lowest BCUT2D eigenvalue weighted by atomic mass is 10.0. The number of hydrogen-bond acceptors (Lipinski definition) is 3. The third-order valence-corrected chi connectivity index (χ3v) is 5.68. The van der Waals surface area contributed by atoms with Gasteiger partial charge in [0.15, 0.2) is 12.5 Å². The van der Waals surface area contributed by atoms with Crippen molar-refractivity contribution in [2.45, 2.75) is 44.0 Å². The van der Waals surface area contributed by atoms with Crippen molar-refractivity contribution < 1.29 is 13.9 Å². The lowest BCUT2D eigenvalue weighted by Gasteiger charge is -2.23. The summed E-state index contributed by atoms with van der Waals surface area (Å²) in [6.45, 7) is 0.670. The van der Waals surface area contributed by atoms with Crippen LogP contribution in [0.3, 0.4) is 0 Å². The van der Waals surface area contributed by atoms with Crippen molar-refractivity contribution in [1.82, 2.24) is 9.78 Å². The second-order valence-electron chi connectivity index (χ2n) is 6.18. The first-order chi connectivity index (χ1) is 11.0. The van der Waals surface area contributed by atoms with Gasteiger partial charge >= 0.3 is 0 Å². The largest absolute Gasteiger partial charge is 0.356 e. The average molecular weight is 402 g/mol. The van der Waals surface area contributed by atoms with Crippen molar-refractivity contribution in [1.29, 1.82) is 0 Å². The number of ether oxygens (including phenoxy) is 1. The smallest absolute Gasteiger partial charge is 0.170 e. The molecular weight excluding hydrogens is 387 g/mol. The molecule has 4 nitrogen and oxygen atoms in total. The predicted molar refractivity (Wildman–Crippen MR) is 88.7 cm³/mol. The van der Waals surface area contributed by atoms with Crippen molar-refractivity contribution in [2.75, 3.05) is 6.61 Å². The molecule has 1 saturated heterocycles. The average Bonchev–Trinajstić information content (AvgIpc) is 3.17. The highest BCUT2D eigenvalue weighted by molar-refractivity contribution is 9.10. The summed E-state index contributed by atoms with van der Waals surface area (Å²) in [4.78, 5) is 11.5. The van der Waals surface area contributed by atoms with Crippen LogP contribution in [0.5, 0.6) is 0 Å². The summed E-state index contributed by atoms with van der Waals surface area (Å²) in [5.41, 5.74) is 0.0132. The van der Waals surface area contributed by atoms with Gasteiger partial charge in [-0.1, -0.05) is 11.6 Å². The molecule has 0 amide bonds. The van der Waals surface area contributed by atoms with Crippen LogP contribution in [0.1, 0.15) is 54.4 Å². The van der Waals surface area contributed by atoms with Crippen LogP contribution in [-0.4, -0.2) is 22.7 Å². The molecule has 0 N–H and O–H groups in total. The normalized spacial score (nSPS) is 23.2. The number of aldehydes is 1. The lowest BCUT2D eigenvalue weighted by Crippen LogP contribution is -2.19. The number of alkyl halides is 1. The summed E-state index contributed by atoms with van der Waals surface area (Å²) in [7, 11) is 0. The van der Waals surface area contributed by atoms with E-state index in [9.17, 15) is 9.18 Å². The van der Waals surface area contributed by atoms with E-state index < -0.39 is 5.67 Å². The van der Waals surface area contributed by atoms with Gasteiger partial charge in [-0.05, 0) is 54.1 Å². The Morgan fingerprint density at radius 3 is 2.87 bits per heavy atom. The Balaban J connectivity index is 1.95. The van der Waals surface area contributed by atoms with E-state index in [2.05, 4.69) is 21.0 Å². The van der Waals surface area contributed by atoms with Crippen LogP contribution in [0, 0.1) is 0 Å². The minimum absolute atomic E-state index is 0.214. The number of carbonyl (C=O) groups excluding carboxylic acids is 1. The topological polar surface area (TPSA) is 44.1 Å². The molecule has 1 unspecified atom stereocenters. The van der Waals surface area contributed by atoms with Crippen molar-refractivity contribution >= 4 is 44.7 Å². The van der Waals surface area contributed by atoms with Gasteiger partial charge < -0.3 is 4.74 Å². The van der Waals surface area contributed by atoms with Crippen molar-refractivity contribution in [3.05, 3.63) is 26.8 Å². The number of nitrogens with zero attached hydrogens (tertiary/aromatic N) is 2. The van der Waals surface area contributed by atoms with E-state index in [4.69, 9.17) is 16.3 Å². The van der Waals surface area contributed by atoms with Crippen LogP contribution in [0.4, 0.5) is 4.39 Å². The fraction of sp³-hybridized carbons (Fsp3) is 0.500. The summed E-state index contributed by atoms with van der Waals surface area (Å²) in [6.07, 6.45) is 4.29. The van der Waals surface area contributed by atoms with Crippen LogP contribution in [0.15, 0.2) is 10.5 Å². The quantitative estimate of drug-likeness (QED) is 0.686. The van der Waals surface area contributed by atoms with Gasteiger partial charge in [0.1, 0.15) is 11.4 Å². The molecule has 2 aromatic rings. The van der Waals surface area contributed by atoms with Crippen LogP contribution in [-0.2, 0) is 10.4 Å². The molecule has 0 radical (unpaired) electrons. The Morgan fingerprint density at radius 2 is 2.26 bits per heavy atom. The van der Waals surface area contributed by atoms with Gasteiger partial charge in [-0.25, -0.2) is 9.07 Å². The molecule has 1 saturated carbocycles. The number of fused-ring (bicyclic) bond motifs is 1. The van der Waals surface area contributed by atoms with E-state index >= 15 is 0 Å². The van der Waals surface area contributed by atoms with Crippen molar-refractivity contribution in [2.24, 2.45) is 0 Å². The molecule has 23 heavy (non-hydrogen) atoms. The minimum Gasteiger partial charge on any atom is -0.356 e. The molecule has 0 spiro atoms. The predicted octanol–water partition coefficient (Wildman–Crippen LogP) is 4.92. The summed E-state index contributed by atoms with van der Waals surface area (Å²) < 4.78 is 22.6. The highest BCUT2D eigenvalue weighted by Crippen LogP contribution is 2.55. The molecule has 1 aromatic heterocycles. The number of carbonyl (C=O) groups is 1. The highest BCUT2D eigenvalue weighted by Gasteiger charge is 2.48. The molecule has 2 heterocycles. The highest BCUT2D eigenvalue weighted by atomic mass is 79.9. The van der Waals surface area contributed by atoms with E-state index in [1.165, 1.54) is 0 Å². The Labute approximate surface area is 146 Å². The summed E-state index contributed by atoms with van der Waals surface area (Å²) in [5.74, 6) is 0. The fourth-order valence-electron chi connectivity index (χ4n) is 3.24. The molecule has 1 aliphatic carbocycles. The van der Waals surface area contributed by atoms with Gasteiger partial charge in [0.2, 0.25) is 0 Å². The van der Waals surface area contributed by atoms with E-state index in [1.807, 2.05) is 0 Å². The van der Waals surface area contributed by atoms with Gasteiger partial charge in [-0.15, -0.1) is 0 Å². The van der Waals surface area contributed by atoms with E-state index in [1.54, 1.807) is 10.7 Å². The zero-order valence-electron chi connectivity index (χ0n) is 12.3. The number of aromatic nitrogens is 2. The Morgan fingerprint density at radius 1 is 1.48 bits per heavy atom. The molecule has 2 aliphatic rings. The summed E-state index contributed by atoms with van der Waals surface area (Å²) in [5, 5.41) is 5.36. The van der Waals surface area contributed by atoms with Crippen LogP contribution in [0.2, 0.25) is 5.02 Å². The second-order valence-corrected chi connectivity index (χ2v) is 7.38. The lowest BCUT2D eigenvalue weighted by molar-refractivity contribution is -0.0367. The third-order valence-electron chi connectivity index (χ3n) is 4.59. The third kappa shape index (κ3) is 2.42. The first-order valence-electron chi connectivity index (χ1n) is 7.71. The molecular formula is C16H15BrClFN2O2. The van der Waals surface area contributed by atoms with Gasteiger partial charge in [-0.2, -0.15) is 5.10 Å². The van der Waals surface area contributed by atoms with Gasteiger partial charge in [0.05, 0.1) is 10.5 Å². The molecule has 1 atom stereocenters. The molecule has 4 rings (SSSR count). The summed E-state index contributed by atoms with van der Waals surface area (Å²) >= 11 is 9.82. The van der Waals surface area contributed by atoms with Crippen molar-refractivity contribution in [3.63, 3.8) is 0 Å². The summed E-state index contributed by atoms with van der Waals surface area (Å²) in [6, 6.07) is 1.70. The maximum atomic E-state index is 14.6. The first kappa shape index (κ1) is 15.5. The molecule has 122 valence electrons. The molecule has 7 heteroatoms. The molecule has 1 aromatic carbocycles. The number of rotatable bonds is 3. The van der Waals surface area contributed by atoms with Gasteiger partial charge in [0.25, 0.3) is 0 Å². The minimum atomic E-state index is -1.40. The maximum absolute atomic E-state index is 14.6. The zero-order valence-corrected chi connectivity index (χ0v) is 14.7. The molecule has 2 fully saturated rings. The van der Waals surface area contributed by atoms with Crippen molar-refractivity contribution in [3.8, 4) is 0 Å². The number of benzene rings is 1. The van der Waals surface area contributed by atoms with Crippen LogP contribution in [0.25, 0.3) is 10.9 Å². The second kappa shape index (κ2) is 5.53. The van der Waals surface area contributed by atoms with E-state index in [0.717, 1.165) is 19.3 Å². The van der Waals surface area contributed by atoms with E-state index in [0.29, 0.717) is 51.7 Å². The first-order valence-corrected chi connectivity index (χ1v) is 8.88. The van der Waals surface area contributed by atoms with E-state index in [-0.39, 0.29) is 11.9 Å². The molecule has 1 aliphatic heterocycles. The monoisotopic (exact) mass is 400 g/mol. The zero-order chi connectivity index (χ0) is 16.2. The standard InChI is InChI=1S/C16H15BrClFN2O2/c17-15-13-10(8-22)20-21(12-3-1-2-6-23-12)11(13)7-9(18)14(15)16(19)4-5-16/h7-8,12H,1-6H2. The maximum Gasteiger partial charge on any atom is 0.170 e. The Hall–Kier alpha value is -0.980. The van der Waals surface area contributed by atoms with Gasteiger partial charge in [0, 0.05) is 22.0 Å². The SMILES string of the molecule is O=Cc1nn(C2CCCCO2)c2cc(Cl)c(C3(F)CC3)c(Br)c12. The fourth-order valence-corrected chi connectivity index (χ4v) is 4.70. The Bertz CT molecular complexity index is 797. The number of hydrogen-bond donors (Lipinski definition) is 0. The molecule has 0 bridgehead atoms. The van der Waals surface area contributed by atoms with Gasteiger partial charge in [-0.3, -0.25) is 4.79 Å². The van der Waals surface area contributed by atoms with Crippen LogP contribution < -0.4 is 0 Å². The Kier molecular flexibility index (Phi) is 3.74. The number of halogens is 3.